The fourth-order valence-electron chi connectivity index (χ4n) is 2.31. The SMILES string of the molecule is Nc1c(Cl)cc(NC(=O)CCc2ncc(-c3ccccc3F)o2)cc1Cl. The van der Waals surface area contributed by atoms with E-state index >= 15 is 0 Å². The minimum Gasteiger partial charge on any atom is -0.441 e. The molecule has 3 aromatic rings. The van der Waals surface area contributed by atoms with Crippen LogP contribution in [0.2, 0.25) is 10.0 Å². The van der Waals surface area contributed by atoms with Crippen LogP contribution >= 0.6 is 23.2 Å². The van der Waals surface area contributed by atoms with Crippen molar-refractivity contribution in [3.8, 4) is 11.3 Å². The molecular formula is C18H14Cl2FN3O2. The molecule has 0 radical (unpaired) electrons. The largest absolute Gasteiger partial charge is 0.441 e. The highest BCUT2D eigenvalue weighted by Gasteiger charge is 2.12. The molecule has 8 heteroatoms. The molecule has 26 heavy (non-hydrogen) atoms. The number of carbonyl (C=O) groups excluding carboxylic acids is 1. The Bertz CT molecular complexity index is 936. The second-order valence-electron chi connectivity index (χ2n) is 5.50. The van der Waals surface area contributed by atoms with Gasteiger partial charge in [0.1, 0.15) is 5.82 Å². The second kappa shape index (κ2) is 7.76. The van der Waals surface area contributed by atoms with E-state index < -0.39 is 5.82 Å². The minimum absolute atomic E-state index is 0.122. The fraction of sp³-hybridized carbons (Fsp3) is 0.111. The number of anilines is 2. The van der Waals surface area contributed by atoms with Crippen molar-refractivity contribution in [3.05, 3.63) is 64.3 Å². The lowest BCUT2D eigenvalue weighted by Gasteiger charge is -2.08. The number of benzene rings is 2. The summed E-state index contributed by atoms with van der Waals surface area (Å²) in [5, 5.41) is 3.19. The Morgan fingerprint density at radius 2 is 1.92 bits per heavy atom. The van der Waals surface area contributed by atoms with Gasteiger partial charge in [0.15, 0.2) is 11.7 Å². The summed E-state index contributed by atoms with van der Waals surface area (Å²) in [7, 11) is 0. The predicted molar refractivity (Wildman–Crippen MR) is 99.7 cm³/mol. The number of amides is 1. The first-order valence-electron chi connectivity index (χ1n) is 7.68. The van der Waals surface area contributed by atoms with Crippen molar-refractivity contribution in [1.82, 2.24) is 4.98 Å². The first kappa shape index (κ1) is 18.2. The van der Waals surface area contributed by atoms with Crippen molar-refractivity contribution in [2.75, 3.05) is 11.1 Å². The number of nitrogens with zero attached hydrogens (tertiary/aromatic N) is 1. The van der Waals surface area contributed by atoms with Gasteiger partial charge in [-0.05, 0) is 24.3 Å². The van der Waals surface area contributed by atoms with Gasteiger partial charge in [0, 0.05) is 18.5 Å². The van der Waals surface area contributed by atoms with E-state index in [9.17, 15) is 9.18 Å². The average Bonchev–Trinajstić information content (AvgIpc) is 3.07. The highest BCUT2D eigenvalue weighted by molar-refractivity contribution is 6.39. The number of halogens is 3. The highest BCUT2D eigenvalue weighted by Crippen LogP contribution is 2.31. The molecule has 0 aliphatic rings. The van der Waals surface area contributed by atoms with Crippen LogP contribution in [0.25, 0.3) is 11.3 Å². The third-order valence-electron chi connectivity index (χ3n) is 3.62. The Kier molecular flexibility index (Phi) is 5.44. The van der Waals surface area contributed by atoms with Gasteiger partial charge < -0.3 is 15.5 Å². The summed E-state index contributed by atoms with van der Waals surface area (Å²) in [6.45, 7) is 0. The molecule has 1 heterocycles. The topological polar surface area (TPSA) is 81.1 Å². The van der Waals surface area contributed by atoms with Gasteiger partial charge in [0.05, 0.1) is 27.5 Å². The molecule has 3 N–H and O–H groups in total. The fourth-order valence-corrected chi connectivity index (χ4v) is 2.80. The lowest BCUT2D eigenvalue weighted by Crippen LogP contribution is -2.12. The molecule has 0 atom stereocenters. The van der Waals surface area contributed by atoms with E-state index in [1.807, 2.05) is 0 Å². The molecule has 134 valence electrons. The van der Waals surface area contributed by atoms with Gasteiger partial charge in [-0.15, -0.1) is 0 Å². The summed E-state index contributed by atoms with van der Waals surface area (Å²) in [4.78, 5) is 16.1. The molecular weight excluding hydrogens is 380 g/mol. The van der Waals surface area contributed by atoms with Gasteiger partial charge >= 0.3 is 0 Å². The van der Waals surface area contributed by atoms with E-state index in [0.717, 1.165) is 0 Å². The molecule has 1 aromatic heterocycles. The zero-order chi connectivity index (χ0) is 18.7. The number of hydrogen-bond acceptors (Lipinski definition) is 4. The number of rotatable bonds is 5. The Morgan fingerprint density at radius 1 is 1.23 bits per heavy atom. The predicted octanol–water partition coefficient (Wildman–Crippen LogP) is 4.94. The van der Waals surface area contributed by atoms with E-state index in [2.05, 4.69) is 10.3 Å². The van der Waals surface area contributed by atoms with Crippen LogP contribution in [0.1, 0.15) is 12.3 Å². The first-order chi connectivity index (χ1) is 12.4. The third kappa shape index (κ3) is 4.15. The molecule has 0 spiro atoms. The number of oxazole rings is 1. The smallest absolute Gasteiger partial charge is 0.224 e. The summed E-state index contributed by atoms with van der Waals surface area (Å²) >= 11 is 11.9. The summed E-state index contributed by atoms with van der Waals surface area (Å²) in [5.41, 5.74) is 6.67. The maximum Gasteiger partial charge on any atom is 0.224 e. The van der Waals surface area contributed by atoms with Crippen LogP contribution in [0.5, 0.6) is 0 Å². The van der Waals surface area contributed by atoms with Crippen molar-refractivity contribution in [2.45, 2.75) is 12.8 Å². The van der Waals surface area contributed by atoms with Crippen molar-refractivity contribution in [3.63, 3.8) is 0 Å². The zero-order valence-electron chi connectivity index (χ0n) is 13.4. The summed E-state index contributed by atoms with van der Waals surface area (Å²) in [6.07, 6.45) is 1.82. The average molecular weight is 394 g/mol. The zero-order valence-corrected chi connectivity index (χ0v) is 14.9. The van der Waals surface area contributed by atoms with Crippen LogP contribution in [0.4, 0.5) is 15.8 Å². The highest BCUT2D eigenvalue weighted by atomic mass is 35.5. The number of nitrogens with two attached hydrogens (primary N) is 1. The Morgan fingerprint density at radius 3 is 2.62 bits per heavy atom. The molecule has 0 unspecified atom stereocenters. The van der Waals surface area contributed by atoms with E-state index in [-0.39, 0.29) is 34.5 Å². The van der Waals surface area contributed by atoms with E-state index in [0.29, 0.717) is 22.9 Å². The Hall–Kier alpha value is -2.57. The summed E-state index contributed by atoms with van der Waals surface area (Å²) < 4.78 is 19.3. The quantitative estimate of drug-likeness (QED) is 0.601. The van der Waals surface area contributed by atoms with Gasteiger partial charge in [-0.1, -0.05) is 35.3 Å². The van der Waals surface area contributed by atoms with Crippen LogP contribution in [-0.4, -0.2) is 10.9 Å². The number of carbonyl (C=O) groups is 1. The Labute approximate surface area is 158 Å². The van der Waals surface area contributed by atoms with Gasteiger partial charge in [-0.2, -0.15) is 0 Å². The van der Waals surface area contributed by atoms with Crippen LogP contribution in [0, 0.1) is 5.82 Å². The van der Waals surface area contributed by atoms with Crippen molar-refractivity contribution in [2.24, 2.45) is 0 Å². The molecule has 0 aliphatic carbocycles. The minimum atomic E-state index is -0.398. The van der Waals surface area contributed by atoms with Crippen LogP contribution in [0.3, 0.4) is 0 Å². The maximum absolute atomic E-state index is 13.8. The molecule has 0 fully saturated rings. The molecule has 3 rings (SSSR count). The lowest BCUT2D eigenvalue weighted by atomic mass is 10.2. The van der Waals surface area contributed by atoms with Crippen molar-refractivity contribution >= 4 is 40.5 Å². The van der Waals surface area contributed by atoms with Gasteiger partial charge in [-0.3, -0.25) is 4.79 Å². The molecule has 1 amide bonds. The van der Waals surface area contributed by atoms with E-state index in [1.54, 1.807) is 18.2 Å². The van der Waals surface area contributed by atoms with Gasteiger partial charge in [-0.25, -0.2) is 9.37 Å². The maximum atomic E-state index is 13.8. The molecule has 2 aromatic carbocycles. The van der Waals surface area contributed by atoms with E-state index in [1.165, 1.54) is 24.4 Å². The Balaban J connectivity index is 1.61. The molecule has 5 nitrogen and oxygen atoms in total. The molecule has 0 saturated carbocycles. The standard InChI is InChI=1S/C18H14Cl2FN3O2/c19-12-7-10(8-13(20)18(12)22)24-16(25)5-6-17-23-9-15(26-17)11-3-1-2-4-14(11)21/h1-4,7-9H,5-6,22H2,(H,24,25). The second-order valence-corrected chi connectivity index (χ2v) is 6.31. The van der Waals surface area contributed by atoms with Crippen molar-refractivity contribution < 1.29 is 13.6 Å². The van der Waals surface area contributed by atoms with Crippen LogP contribution in [0.15, 0.2) is 47.0 Å². The van der Waals surface area contributed by atoms with Crippen molar-refractivity contribution in [1.29, 1.82) is 0 Å². The third-order valence-corrected chi connectivity index (χ3v) is 4.25. The summed E-state index contributed by atoms with van der Waals surface area (Å²) in [5.74, 6) is -0.0139. The van der Waals surface area contributed by atoms with E-state index in [4.69, 9.17) is 33.4 Å². The molecule has 0 saturated heterocycles. The number of nitrogens with one attached hydrogen (secondary N) is 1. The van der Waals surface area contributed by atoms with Crippen LogP contribution < -0.4 is 11.1 Å². The first-order valence-corrected chi connectivity index (χ1v) is 8.43. The number of hydrogen-bond donors (Lipinski definition) is 2. The van der Waals surface area contributed by atoms with Gasteiger partial charge in [0.2, 0.25) is 5.91 Å². The molecule has 0 aliphatic heterocycles. The lowest BCUT2D eigenvalue weighted by molar-refractivity contribution is -0.116. The van der Waals surface area contributed by atoms with Crippen LogP contribution in [-0.2, 0) is 11.2 Å². The number of nitrogen functional groups attached to an aromatic ring is 1. The molecule has 0 bridgehead atoms. The summed E-state index contributed by atoms with van der Waals surface area (Å²) in [6, 6.07) is 9.27. The number of aromatic nitrogens is 1. The monoisotopic (exact) mass is 393 g/mol. The number of aryl methyl sites for hydroxylation is 1. The van der Waals surface area contributed by atoms with Gasteiger partial charge in [0.25, 0.3) is 0 Å². The normalized spacial score (nSPS) is 10.7.